The van der Waals surface area contributed by atoms with Crippen molar-refractivity contribution in [3.63, 3.8) is 0 Å². The zero-order chi connectivity index (χ0) is 15.4. The molecule has 0 fully saturated rings. The Kier molecular flexibility index (Phi) is 4.10. The summed E-state index contributed by atoms with van der Waals surface area (Å²) in [6.07, 6.45) is 6.53. The highest BCUT2D eigenvalue weighted by atomic mass is 16.5. The van der Waals surface area contributed by atoms with Gasteiger partial charge in [-0.15, -0.1) is 0 Å². The third-order valence-corrected chi connectivity index (χ3v) is 3.79. The molecule has 2 aromatic carbocycles. The third-order valence-electron chi connectivity index (χ3n) is 3.79. The van der Waals surface area contributed by atoms with Crippen molar-refractivity contribution in [3.8, 4) is 5.75 Å². The fraction of sp³-hybridized carbons (Fsp3) is 0.167. The van der Waals surface area contributed by atoms with Crippen molar-refractivity contribution in [1.82, 2.24) is 9.55 Å². The number of nitrogen functional groups attached to an aromatic ring is 1. The molecule has 3 aromatic rings. The summed E-state index contributed by atoms with van der Waals surface area (Å²) in [5, 5.41) is 0. The number of rotatable bonds is 5. The van der Waals surface area contributed by atoms with E-state index in [4.69, 9.17) is 10.5 Å². The number of benzene rings is 2. The minimum absolute atomic E-state index is 0.192. The average Bonchev–Trinajstić information content (AvgIpc) is 3.09. The molecule has 0 bridgehead atoms. The molecule has 112 valence electrons. The second-order valence-electron chi connectivity index (χ2n) is 5.24. The van der Waals surface area contributed by atoms with Crippen molar-refractivity contribution in [2.45, 2.75) is 12.5 Å². The first-order valence-corrected chi connectivity index (χ1v) is 7.22. The lowest BCUT2D eigenvalue weighted by molar-refractivity contribution is 0.414. The molecule has 1 aromatic heterocycles. The van der Waals surface area contributed by atoms with Crippen LogP contribution in [0.5, 0.6) is 5.75 Å². The van der Waals surface area contributed by atoms with Crippen LogP contribution in [0, 0.1) is 0 Å². The predicted molar refractivity (Wildman–Crippen MR) is 87.9 cm³/mol. The highest BCUT2D eigenvalue weighted by Gasteiger charge is 2.14. The van der Waals surface area contributed by atoms with E-state index in [1.54, 1.807) is 13.3 Å². The van der Waals surface area contributed by atoms with E-state index >= 15 is 0 Å². The summed E-state index contributed by atoms with van der Waals surface area (Å²) in [5.41, 5.74) is 9.01. The van der Waals surface area contributed by atoms with E-state index in [1.165, 1.54) is 11.1 Å². The molecule has 0 saturated heterocycles. The average molecular weight is 293 g/mol. The Hall–Kier alpha value is -2.75. The highest BCUT2D eigenvalue weighted by Crippen LogP contribution is 2.25. The maximum Gasteiger partial charge on any atom is 0.118 e. The van der Waals surface area contributed by atoms with Crippen LogP contribution in [-0.4, -0.2) is 16.7 Å². The van der Waals surface area contributed by atoms with E-state index in [1.807, 2.05) is 36.8 Å². The van der Waals surface area contributed by atoms with Crippen LogP contribution in [0.2, 0.25) is 0 Å². The first-order chi connectivity index (χ1) is 10.8. The van der Waals surface area contributed by atoms with Crippen molar-refractivity contribution < 1.29 is 4.74 Å². The van der Waals surface area contributed by atoms with Gasteiger partial charge in [0.15, 0.2) is 0 Å². The molecule has 0 aliphatic rings. The molecule has 0 unspecified atom stereocenters. The number of nitrogens with zero attached hydrogens (tertiary/aromatic N) is 2. The van der Waals surface area contributed by atoms with Crippen LogP contribution >= 0.6 is 0 Å². The molecule has 1 heterocycles. The molecular formula is C18H19N3O. The summed E-state index contributed by atoms with van der Waals surface area (Å²) in [7, 11) is 1.68. The number of ether oxygens (including phenoxy) is 1. The highest BCUT2D eigenvalue weighted by molar-refractivity contribution is 5.40. The lowest BCUT2D eigenvalue weighted by atomic mass is 9.98. The van der Waals surface area contributed by atoms with Crippen molar-refractivity contribution in [3.05, 3.63) is 78.4 Å². The van der Waals surface area contributed by atoms with Crippen LogP contribution in [-0.2, 0) is 6.42 Å². The van der Waals surface area contributed by atoms with E-state index in [9.17, 15) is 0 Å². The second-order valence-corrected chi connectivity index (χ2v) is 5.24. The van der Waals surface area contributed by atoms with Gasteiger partial charge in [-0.25, -0.2) is 4.98 Å². The Morgan fingerprint density at radius 1 is 1.09 bits per heavy atom. The fourth-order valence-electron chi connectivity index (χ4n) is 2.55. The number of imidazole rings is 1. The van der Waals surface area contributed by atoms with Gasteiger partial charge in [-0.05, 0) is 41.8 Å². The Morgan fingerprint density at radius 3 is 2.41 bits per heavy atom. The fourth-order valence-corrected chi connectivity index (χ4v) is 2.55. The van der Waals surface area contributed by atoms with Crippen LogP contribution in [0.3, 0.4) is 0 Å². The Morgan fingerprint density at radius 2 is 1.82 bits per heavy atom. The lowest BCUT2D eigenvalue weighted by Gasteiger charge is -2.19. The van der Waals surface area contributed by atoms with E-state index in [2.05, 4.69) is 33.8 Å². The zero-order valence-electron chi connectivity index (χ0n) is 12.5. The van der Waals surface area contributed by atoms with Gasteiger partial charge in [-0.1, -0.05) is 24.3 Å². The molecule has 22 heavy (non-hydrogen) atoms. The van der Waals surface area contributed by atoms with Crippen molar-refractivity contribution in [2.75, 3.05) is 12.8 Å². The van der Waals surface area contributed by atoms with Crippen molar-refractivity contribution in [1.29, 1.82) is 0 Å². The first kappa shape index (κ1) is 14.2. The topological polar surface area (TPSA) is 53.1 Å². The molecule has 0 aliphatic heterocycles. The third kappa shape index (κ3) is 3.11. The van der Waals surface area contributed by atoms with Gasteiger partial charge in [-0.2, -0.15) is 0 Å². The molecular weight excluding hydrogens is 274 g/mol. The van der Waals surface area contributed by atoms with Gasteiger partial charge in [0.1, 0.15) is 5.75 Å². The van der Waals surface area contributed by atoms with Gasteiger partial charge in [0.05, 0.1) is 19.5 Å². The van der Waals surface area contributed by atoms with E-state index in [0.717, 1.165) is 17.9 Å². The number of hydrogen-bond acceptors (Lipinski definition) is 3. The number of nitrogens with two attached hydrogens (primary N) is 1. The van der Waals surface area contributed by atoms with Crippen LogP contribution in [0.4, 0.5) is 5.69 Å². The van der Waals surface area contributed by atoms with Gasteiger partial charge in [0, 0.05) is 18.1 Å². The largest absolute Gasteiger partial charge is 0.497 e. The SMILES string of the molecule is COc1ccc([C@H](Cc2ccc(N)cc2)n2ccnc2)cc1. The minimum atomic E-state index is 0.192. The number of aromatic nitrogens is 2. The molecule has 0 radical (unpaired) electrons. The van der Waals surface area contributed by atoms with Gasteiger partial charge in [0.2, 0.25) is 0 Å². The summed E-state index contributed by atoms with van der Waals surface area (Å²) in [4.78, 5) is 4.18. The van der Waals surface area contributed by atoms with E-state index in [-0.39, 0.29) is 6.04 Å². The summed E-state index contributed by atoms with van der Waals surface area (Å²) in [6, 6.07) is 16.4. The molecule has 1 atom stereocenters. The van der Waals surface area contributed by atoms with Crippen LogP contribution in [0.1, 0.15) is 17.2 Å². The summed E-state index contributed by atoms with van der Waals surface area (Å²) in [6.45, 7) is 0. The van der Waals surface area contributed by atoms with Gasteiger partial charge in [-0.3, -0.25) is 0 Å². The summed E-state index contributed by atoms with van der Waals surface area (Å²) in [5.74, 6) is 0.862. The Balaban J connectivity index is 1.91. The molecule has 4 nitrogen and oxygen atoms in total. The Labute approximate surface area is 130 Å². The lowest BCUT2D eigenvalue weighted by Crippen LogP contribution is -2.12. The minimum Gasteiger partial charge on any atom is -0.497 e. The predicted octanol–water partition coefficient (Wildman–Crippen LogP) is 3.31. The van der Waals surface area contributed by atoms with E-state index in [0.29, 0.717) is 0 Å². The number of methoxy groups -OCH3 is 1. The smallest absolute Gasteiger partial charge is 0.118 e. The number of anilines is 1. The first-order valence-electron chi connectivity index (χ1n) is 7.22. The molecule has 4 heteroatoms. The van der Waals surface area contributed by atoms with E-state index < -0.39 is 0 Å². The van der Waals surface area contributed by atoms with Gasteiger partial charge in [0.25, 0.3) is 0 Å². The van der Waals surface area contributed by atoms with Crippen molar-refractivity contribution >= 4 is 5.69 Å². The number of hydrogen-bond donors (Lipinski definition) is 1. The quantitative estimate of drug-likeness (QED) is 0.734. The van der Waals surface area contributed by atoms with Crippen molar-refractivity contribution in [2.24, 2.45) is 0 Å². The van der Waals surface area contributed by atoms with Gasteiger partial charge < -0.3 is 15.0 Å². The van der Waals surface area contributed by atoms with Crippen LogP contribution in [0.25, 0.3) is 0 Å². The molecule has 0 saturated carbocycles. The molecule has 2 N–H and O–H groups in total. The monoisotopic (exact) mass is 293 g/mol. The normalized spacial score (nSPS) is 12.0. The molecule has 0 amide bonds. The maximum absolute atomic E-state index is 5.77. The molecule has 3 rings (SSSR count). The zero-order valence-corrected chi connectivity index (χ0v) is 12.5. The summed E-state index contributed by atoms with van der Waals surface area (Å²) >= 11 is 0. The molecule has 0 aliphatic carbocycles. The molecule has 0 spiro atoms. The Bertz CT molecular complexity index is 703. The van der Waals surface area contributed by atoms with Crippen LogP contribution < -0.4 is 10.5 Å². The summed E-state index contributed by atoms with van der Waals surface area (Å²) < 4.78 is 7.36. The maximum atomic E-state index is 5.77. The van der Waals surface area contributed by atoms with Crippen LogP contribution in [0.15, 0.2) is 67.3 Å². The second kappa shape index (κ2) is 6.35. The van der Waals surface area contributed by atoms with Gasteiger partial charge >= 0.3 is 0 Å². The standard InChI is InChI=1S/C18H19N3O/c1-22-17-8-4-15(5-9-17)18(21-11-10-20-13-21)12-14-2-6-16(19)7-3-14/h2-11,13,18H,12,19H2,1H3/t18-/m0/s1.